The van der Waals surface area contributed by atoms with E-state index in [4.69, 9.17) is 4.74 Å². The highest BCUT2D eigenvalue weighted by molar-refractivity contribution is 7.16. The Labute approximate surface area is 127 Å². The number of aromatic nitrogens is 2. The summed E-state index contributed by atoms with van der Waals surface area (Å²) in [5, 5.41) is 11.8. The van der Waals surface area contributed by atoms with Gasteiger partial charge in [-0.1, -0.05) is 0 Å². The summed E-state index contributed by atoms with van der Waals surface area (Å²) < 4.78 is 4.88. The van der Waals surface area contributed by atoms with Gasteiger partial charge in [-0.05, 0) is 18.4 Å². The molecule has 0 saturated heterocycles. The fraction of sp³-hybridized carbons (Fsp3) is 0.462. The van der Waals surface area contributed by atoms with Crippen LogP contribution in [0.15, 0.2) is 11.4 Å². The molecule has 1 amide bonds. The molecule has 0 atom stereocenters. The second-order valence-corrected chi connectivity index (χ2v) is 5.16. The van der Waals surface area contributed by atoms with Crippen LogP contribution < -0.4 is 16.0 Å². The Morgan fingerprint density at radius 1 is 1.38 bits per heavy atom. The number of rotatable bonds is 8. The normalized spacial score (nSPS) is 10.6. The zero-order chi connectivity index (χ0) is 15.1. The first-order valence-electron chi connectivity index (χ1n) is 6.73. The van der Waals surface area contributed by atoms with Gasteiger partial charge in [-0.25, -0.2) is 4.98 Å². The van der Waals surface area contributed by atoms with E-state index in [9.17, 15) is 4.79 Å². The standard InChI is InChI=1S/C13H19N5O2S/c1-3-14-13-17-11(9-4-7-21-12(9)18-13)16-8-10(19)15-5-6-20-2/h4,7H,3,5-6,8H2,1-2H3,(H,15,19)(H2,14,16,17,18). The van der Waals surface area contributed by atoms with Crippen molar-refractivity contribution in [1.29, 1.82) is 0 Å². The van der Waals surface area contributed by atoms with E-state index >= 15 is 0 Å². The molecule has 0 aliphatic heterocycles. The molecule has 0 bridgehead atoms. The van der Waals surface area contributed by atoms with Crippen molar-refractivity contribution < 1.29 is 9.53 Å². The van der Waals surface area contributed by atoms with Gasteiger partial charge in [0.25, 0.3) is 0 Å². The van der Waals surface area contributed by atoms with E-state index in [1.54, 1.807) is 18.4 Å². The number of carbonyl (C=O) groups excluding carboxylic acids is 1. The number of nitrogens with one attached hydrogen (secondary N) is 3. The fourth-order valence-corrected chi connectivity index (χ4v) is 2.51. The van der Waals surface area contributed by atoms with Crippen molar-refractivity contribution in [2.75, 3.05) is 44.0 Å². The number of methoxy groups -OCH3 is 1. The molecule has 0 spiro atoms. The minimum absolute atomic E-state index is 0.0981. The third-order valence-electron chi connectivity index (χ3n) is 2.70. The number of carbonyl (C=O) groups is 1. The summed E-state index contributed by atoms with van der Waals surface area (Å²) in [5.74, 6) is 1.13. The van der Waals surface area contributed by atoms with Crippen molar-refractivity contribution in [2.45, 2.75) is 6.92 Å². The van der Waals surface area contributed by atoms with E-state index in [1.807, 2.05) is 18.4 Å². The smallest absolute Gasteiger partial charge is 0.239 e. The monoisotopic (exact) mass is 309 g/mol. The Kier molecular flexibility index (Phi) is 5.70. The van der Waals surface area contributed by atoms with E-state index in [0.29, 0.717) is 24.9 Å². The molecular weight excluding hydrogens is 290 g/mol. The van der Waals surface area contributed by atoms with Crippen molar-refractivity contribution in [3.05, 3.63) is 11.4 Å². The number of fused-ring (bicyclic) bond motifs is 1. The first-order chi connectivity index (χ1) is 10.2. The van der Waals surface area contributed by atoms with E-state index in [1.165, 1.54) is 0 Å². The van der Waals surface area contributed by atoms with Gasteiger partial charge in [-0.3, -0.25) is 4.79 Å². The first kappa shape index (κ1) is 15.5. The molecule has 0 radical (unpaired) electrons. The Morgan fingerprint density at radius 3 is 3.00 bits per heavy atom. The summed E-state index contributed by atoms with van der Waals surface area (Å²) in [5.41, 5.74) is 0. The van der Waals surface area contributed by atoms with Crippen LogP contribution in [0.2, 0.25) is 0 Å². The third-order valence-corrected chi connectivity index (χ3v) is 3.51. The van der Waals surface area contributed by atoms with Gasteiger partial charge in [0.05, 0.1) is 18.5 Å². The summed E-state index contributed by atoms with van der Waals surface area (Å²) in [6.07, 6.45) is 0. The van der Waals surface area contributed by atoms with Crippen LogP contribution in [0.1, 0.15) is 6.92 Å². The highest BCUT2D eigenvalue weighted by Crippen LogP contribution is 2.26. The second kappa shape index (κ2) is 7.75. The average molecular weight is 309 g/mol. The van der Waals surface area contributed by atoms with Crippen LogP contribution in [-0.2, 0) is 9.53 Å². The van der Waals surface area contributed by atoms with Crippen molar-refractivity contribution in [3.8, 4) is 0 Å². The molecule has 0 aromatic carbocycles. The molecule has 0 aliphatic carbocycles. The fourth-order valence-electron chi connectivity index (χ4n) is 1.75. The Bertz CT molecular complexity index is 601. The molecule has 7 nitrogen and oxygen atoms in total. The van der Waals surface area contributed by atoms with Crippen LogP contribution in [-0.4, -0.2) is 49.2 Å². The lowest BCUT2D eigenvalue weighted by atomic mass is 10.3. The molecule has 0 aliphatic rings. The molecule has 3 N–H and O–H groups in total. The van der Waals surface area contributed by atoms with Crippen LogP contribution in [0, 0.1) is 0 Å². The largest absolute Gasteiger partial charge is 0.383 e. The Hall–Kier alpha value is -1.93. The van der Waals surface area contributed by atoms with Crippen LogP contribution >= 0.6 is 11.3 Å². The molecular formula is C13H19N5O2S. The van der Waals surface area contributed by atoms with Gasteiger partial charge in [0, 0.05) is 20.2 Å². The van der Waals surface area contributed by atoms with Gasteiger partial charge < -0.3 is 20.7 Å². The molecule has 2 aromatic rings. The van der Waals surface area contributed by atoms with E-state index in [-0.39, 0.29) is 12.5 Å². The summed E-state index contributed by atoms with van der Waals surface area (Å²) >= 11 is 1.54. The van der Waals surface area contributed by atoms with E-state index < -0.39 is 0 Å². The van der Waals surface area contributed by atoms with Crippen molar-refractivity contribution in [2.24, 2.45) is 0 Å². The van der Waals surface area contributed by atoms with Gasteiger partial charge in [0.15, 0.2) is 0 Å². The number of ether oxygens (including phenoxy) is 1. The number of hydrogen-bond acceptors (Lipinski definition) is 7. The number of hydrogen-bond donors (Lipinski definition) is 3. The molecule has 8 heteroatoms. The minimum atomic E-state index is -0.0981. The van der Waals surface area contributed by atoms with Crippen molar-refractivity contribution in [1.82, 2.24) is 15.3 Å². The van der Waals surface area contributed by atoms with Gasteiger partial charge in [-0.2, -0.15) is 4.98 Å². The number of thiophene rings is 1. The van der Waals surface area contributed by atoms with Crippen LogP contribution in [0.25, 0.3) is 10.2 Å². The summed E-state index contributed by atoms with van der Waals surface area (Å²) in [6.45, 7) is 3.89. The predicted molar refractivity (Wildman–Crippen MR) is 85.0 cm³/mol. The third kappa shape index (κ3) is 4.27. The van der Waals surface area contributed by atoms with Gasteiger partial charge in [-0.15, -0.1) is 11.3 Å². The number of anilines is 2. The minimum Gasteiger partial charge on any atom is -0.383 e. The maximum Gasteiger partial charge on any atom is 0.239 e. The molecule has 0 fully saturated rings. The van der Waals surface area contributed by atoms with E-state index in [0.717, 1.165) is 16.8 Å². The number of nitrogens with zero attached hydrogens (tertiary/aromatic N) is 2. The average Bonchev–Trinajstić information content (AvgIpc) is 2.94. The quantitative estimate of drug-likeness (QED) is 0.637. The SMILES string of the molecule is CCNc1nc(NCC(=O)NCCOC)c2ccsc2n1. The van der Waals surface area contributed by atoms with Gasteiger partial charge >= 0.3 is 0 Å². The van der Waals surface area contributed by atoms with Gasteiger partial charge in [0.2, 0.25) is 11.9 Å². The van der Waals surface area contributed by atoms with Crippen LogP contribution in [0.5, 0.6) is 0 Å². The molecule has 0 saturated carbocycles. The first-order valence-corrected chi connectivity index (χ1v) is 7.61. The maximum atomic E-state index is 11.7. The van der Waals surface area contributed by atoms with Gasteiger partial charge in [0.1, 0.15) is 10.6 Å². The highest BCUT2D eigenvalue weighted by Gasteiger charge is 2.09. The summed E-state index contributed by atoms with van der Waals surface area (Å²) in [7, 11) is 1.60. The molecule has 2 aromatic heterocycles. The molecule has 2 rings (SSSR count). The van der Waals surface area contributed by atoms with Crippen molar-refractivity contribution >= 4 is 39.2 Å². The number of amides is 1. The van der Waals surface area contributed by atoms with Crippen LogP contribution in [0.4, 0.5) is 11.8 Å². The lowest BCUT2D eigenvalue weighted by Gasteiger charge is -2.09. The summed E-state index contributed by atoms with van der Waals surface area (Å²) in [4.78, 5) is 21.4. The zero-order valence-electron chi connectivity index (χ0n) is 12.1. The van der Waals surface area contributed by atoms with Crippen LogP contribution in [0.3, 0.4) is 0 Å². The van der Waals surface area contributed by atoms with E-state index in [2.05, 4.69) is 25.9 Å². The van der Waals surface area contributed by atoms with Crippen molar-refractivity contribution in [3.63, 3.8) is 0 Å². The molecule has 2 heterocycles. The zero-order valence-corrected chi connectivity index (χ0v) is 12.9. The topological polar surface area (TPSA) is 88.2 Å². The summed E-state index contributed by atoms with van der Waals surface area (Å²) in [6, 6.07) is 1.95. The second-order valence-electron chi connectivity index (χ2n) is 4.26. The molecule has 114 valence electrons. The molecule has 21 heavy (non-hydrogen) atoms. The Morgan fingerprint density at radius 2 is 2.24 bits per heavy atom. The maximum absolute atomic E-state index is 11.7. The lowest BCUT2D eigenvalue weighted by Crippen LogP contribution is -2.32. The Balaban J connectivity index is 2.03. The predicted octanol–water partition coefficient (Wildman–Crippen LogP) is 1.30. The highest BCUT2D eigenvalue weighted by atomic mass is 32.1. The lowest BCUT2D eigenvalue weighted by molar-refractivity contribution is -0.119. The molecule has 0 unspecified atom stereocenters.